The molecule has 29 heavy (non-hydrogen) atoms. The van der Waals surface area contributed by atoms with Crippen molar-refractivity contribution in [3.63, 3.8) is 0 Å². The molecular formula is C20H23ClN2O5S. The standard InChI is InChI=1S/C20H23ClN2O5S/c1-15-12-17(6-7-18(15)21)28-14-20(24)22-13-16-4-2-3-5-19(16)29(25,26)23-8-10-27-11-9-23/h2-7,12H,8-11,13-14H2,1H3,(H,22,24). The molecule has 156 valence electrons. The predicted octanol–water partition coefficient (Wildman–Crippen LogP) is 2.36. The summed E-state index contributed by atoms with van der Waals surface area (Å²) < 4.78 is 38.0. The summed E-state index contributed by atoms with van der Waals surface area (Å²) in [6.45, 7) is 3.14. The molecule has 2 aromatic carbocycles. The Hall–Kier alpha value is -2.13. The Bertz CT molecular complexity index is 975. The van der Waals surface area contributed by atoms with Gasteiger partial charge in [-0.1, -0.05) is 29.8 Å². The van der Waals surface area contributed by atoms with Gasteiger partial charge in [-0.05, 0) is 42.3 Å². The minimum absolute atomic E-state index is 0.0849. The molecule has 0 bridgehead atoms. The molecule has 1 N–H and O–H groups in total. The fourth-order valence-electron chi connectivity index (χ4n) is 2.93. The molecule has 0 saturated carbocycles. The van der Waals surface area contributed by atoms with Crippen LogP contribution >= 0.6 is 11.6 Å². The molecule has 2 aromatic rings. The van der Waals surface area contributed by atoms with Crippen molar-refractivity contribution in [2.24, 2.45) is 0 Å². The fourth-order valence-corrected chi connectivity index (χ4v) is 4.68. The van der Waals surface area contributed by atoms with E-state index >= 15 is 0 Å². The van der Waals surface area contributed by atoms with E-state index < -0.39 is 10.0 Å². The van der Waals surface area contributed by atoms with Crippen LogP contribution in [0.15, 0.2) is 47.4 Å². The van der Waals surface area contributed by atoms with Crippen LogP contribution in [0.3, 0.4) is 0 Å². The number of nitrogens with zero attached hydrogens (tertiary/aromatic N) is 1. The van der Waals surface area contributed by atoms with Crippen molar-refractivity contribution in [2.75, 3.05) is 32.9 Å². The Morgan fingerprint density at radius 3 is 2.66 bits per heavy atom. The molecule has 1 saturated heterocycles. The third kappa shape index (κ3) is 5.48. The summed E-state index contributed by atoms with van der Waals surface area (Å²) in [7, 11) is -3.65. The van der Waals surface area contributed by atoms with E-state index in [-0.39, 0.29) is 24.0 Å². The van der Waals surface area contributed by atoms with Crippen molar-refractivity contribution in [1.29, 1.82) is 0 Å². The van der Waals surface area contributed by atoms with Gasteiger partial charge >= 0.3 is 0 Å². The highest BCUT2D eigenvalue weighted by atomic mass is 35.5. The number of carbonyl (C=O) groups excluding carboxylic acids is 1. The number of amides is 1. The number of sulfonamides is 1. The highest BCUT2D eigenvalue weighted by Gasteiger charge is 2.28. The van der Waals surface area contributed by atoms with E-state index in [0.717, 1.165) is 5.56 Å². The molecule has 0 radical (unpaired) electrons. The van der Waals surface area contributed by atoms with Gasteiger partial charge in [-0.3, -0.25) is 4.79 Å². The van der Waals surface area contributed by atoms with Gasteiger partial charge in [0, 0.05) is 24.7 Å². The number of nitrogens with one attached hydrogen (secondary N) is 1. The van der Waals surface area contributed by atoms with Gasteiger partial charge in [-0.15, -0.1) is 0 Å². The molecule has 0 aromatic heterocycles. The molecule has 1 fully saturated rings. The number of morpholine rings is 1. The molecule has 0 spiro atoms. The Balaban J connectivity index is 1.62. The molecule has 1 aliphatic rings. The Morgan fingerprint density at radius 1 is 1.21 bits per heavy atom. The highest BCUT2D eigenvalue weighted by Crippen LogP contribution is 2.22. The summed E-state index contributed by atoms with van der Waals surface area (Å²) in [5, 5.41) is 3.34. The third-order valence-corrected chi connectivity index (χ3v) is 6.96. The van der Waals surface area contributed by atoms with Crippen LogP contribution in [0.2, 0.25) is 5.02 Å². The van der Waals surface area contributed by atoms with Crippen molar-refractivity contribution in [2.45, 2.75) is 18.4 Å². The summed E-state index contributed by atoms with van der Waals surface area (Å²) in [6, 6.07) is 11.8. The molecule has 1 heterocycles. The Labute approximate surface area is 175 Å². The first-order valence-electron chi connectivity index (χ1n) is 9.19. The van der Waals surface area contributed by atoms with Crippen LogP contribution in [0.5, 0.6) is 5.75 Å². The largest absolute Gasteiger partial charge is 0.484 e. The van der Waals surface area contributed by atoms with Crippen molar-refractivity contribution in [3.8, 4) is 5.75 Å². The lowest BCUT2D eigenvalue weighted by atomic mass is 10.2. The van der Waals surface area contributed by atoms with Crippen LogP contribution in [-0.4, -0.2) is 51.5 Å². The zero-order valence-corrected chi connectivity index (χ0v) is 17.6. The maximum absolute atomic E-state index is 12.9. The molecule has 1 aliphatic heterocycles. The molecule has 1 amide bonds. The molecule has 3 rings (SSSR count). The molecule has 7 nitrogen and oxygen atoms in total. The second-order valence-corrected chi connectivity index (χ2v) is 8.91. The predicted molar refractivity (Wildman–Crippen MR) is 110 cm³/mol. The van der Waals surface area contributed by atoms with E-state index in [4.69, 9.17) is 21.1 Å². The monoisotopic (exact) mass is 438 g/mol. The first kappa shape index (κ1) is 21.6. The number of benzene rings is 2. The second-order valence-electron chi connectivity index (χ2n) is 6.60. The number of halogens is 1. The van der Waals surface area contributed by atoms with Crippen LogP contribution in [-0.2, 0) is 26.1 Å². The van der Waals surface area contributed by atoms with Gasteiger partial charge in [-0.25, -0.2) is 8.42 Å². The molecular weight excluding hydrogens is 416 g/mol. The van der Waals surface area contributed by atoms with Gasteiger partial charge in [0.2, 0.25) is 10.0 Å². The van der Waals surface area contributed by atoms with Crippen LogP contribution in [0.25, 0.3) is 0 Å². The van der Waals surface area contributed by atoms with E-state index in [0.29, 0.717) is 42.6 Å². The lowest BCUT2D eigenvalue weighted by Gasteiger charge is -2.27. The van der Waals surface area contributed by atoms with E-state index in [2.05, 4.69) is 5.32 Å². The summed E-state index contributed by atoms with van der Waals surface area (Å²) in [4.78, 5) is 12.4. The van der Waals surface area contributed by atoms with Gasteiger partial charge in [0.25, 0.3) is 5.91 Å². The van der Waals surface area contributed by atoms with Crippen LogP contribution in [0, 0.1) is 6.92 Å². The molecule has 0 aliphatic carbocycles. The zero-order valence-electron chi connectivity index (χ0n) is 16.1. The zero-order chi connectivity index (χ0) is 20.9. The first-order chi connectivity index (χ1) is 13.9. The SMILES string of the molecule is Cc1cc(OCC(=O)NCc2ccccc2S(=O)(=O)N2CCOCC2)ccc1Cl. The van der Waals surface area contributed by atoms with Gasteiger partial charge in [0.05, 0.1) is 18.1 Å². The summed E-state index contributed by atoms with van der Waals surface area (Å²) in [5.74, 6) is 0.188. The van der Waals surface area contributed by atoms with E-state index in [1.165, 1.54) is 4.31 Å². The molecule has 0 unspecified atom stereocenters. The summed E-state index contributed by atoms with van der Waals surface area (Å²) in [6.07, 6.45) is 0. The smallest absolute Gasteiger partial charge is 0.258 e. The average molecular weight is 439 g/mol. The lowest BCUT2D eigenvalue weighted by Crippen LogP contribution is -2.41. The Kier molecular flexibility index (Phi) is 7.13. The summed E-state index contributed by atoms with van der Waals surface area (Å²) >= 11 is 5.97. The average Bonchev–Trinajstić information content (AvgIpc) is 2.74. The Morgan fingerprint density at radius 2 is 1.93 bits per heavy atom. The number of carbonyl (C=O) groups is 1. The third-order valence-electron chi connectivity index (χ3n) is 4.54. The lowest BCUT2D eigenvalue weighted by molar-refractivity contribution is -0.123. The first-order valence-corrected chi connectivity index (χ1v) is 11.0. The topological polar surface area (TPSA) is 84.9 Å². The van der Waals surface area contributed by atoms with Crippen LogP contribution in [0.4, 0.5) is 0 Å². The van der Waals surface area contributed by atoms with E-state index in [1.54, 1.807) is 42.5 Å². The molecule has 0 atom stereocenters. The van der Waals surface area contributed by atoms with Gasteiger partial charge in [-0.2, -0.15) is 4.31 Å². The number of hydrogen-bond donors (Lipinski definition) is 1. The van der Waals surface area contributed by atoms with Crippen LogP contribution < -0.4 is 10.1 Å². The maximum atomic E-state index is 12.9. The van der Waals surface area contributed by atoms with Crippen molar-refractivity contribution in [1.82, 2.24) is 9.62 Å². The second kappa shape index (κ2) is 9.58. The van der Waals surface area contributed by atoms with Crippen molar-refractivity contribution >= 4 is 27.5 Å². The summed E-state index contributed by atoms with van der Waals surface area (Å²) in [5.41, 5.74) is 1.38. The van der Waals surface area contributed by atoms with Gasteiger partial charge < -0.3 is 14.8 Å². The number of aryl methyl sites for hydroxylation is 1. The quantitative estimate of drug-likeness (QED) is 0.717. The van der Waals surface area contributed by atoms with E-state index in [1.807, 2.05) is 6.92 Å². The normalized spacial score (nSPS) is 15.1. The number of ether oxygens (including phenoxy) is 2. The van der Waals surface area contributed by atoms with E-state index in [9.17, 15) is 13.2 Å². The van der Waals surface area contributed by atoms with Gasteiger partial charge in [0.1, 0.15) is 5.75 Å². The molecule has 9 heteroatoms. The minimum Gasteiger partial charge on any atom is -0.484 e. The van der Waals surface area contributed by atoms with Crippen LogP contribution in [0.1, 0.15) is 11.1 Å². The van der Waals surface area contributed by atoms with Gasteiger partial charge in [0.15, 0.2) is 6.61 Å². The maximum Gasteiger partial charge on any atom is 0.258 e. The minimum atomic E-state index is -3.65. The van der Waals surface area contributed by atoms with Crippen molar-refractivity contribution < 1.29 is 22.7 Å². The van der Waals surface area contributed by atoms with Crippen molar-refractivity contribution in [3.05, 3.63) is 58.6 Å². The highest BCUT2D eigenvalue weighted by molar-refractivity contribution is 7.89. The number of rotatable bonds is 7. The fraction of sp³-hybridized carbons (Fsp3) is 0.350. The number of hydrogen-bond acceptors (Lipinski definition) is 5.